The van der Waals surface area contributed by atoms with Gasteiger partial charge in [0.25, 0.3) is 11.8 Å². The number of nitrogens with one attached hydrogen (secondary N) is 3. The molecule has 0 radical (unpaired) electrons. The van der Waals surface area contributed by atoms with Crippen LogP contribution in [0.4, 0.5) is 22.9 Å². The van der Waals surface area contributed by atoms with E-state index in [-0.39, 0.29) is 29.7 Å². The van der Waals surface area contributed by atoms with E-state index < -0.39 is 29.7 Å². The summed E-state index contributed by atoms with van der Waals surface area (Å²) in [5, 5.41) is 32.7. The molecule has 3 fully saturated rings. The summed E-state index contributed by atoms with van der Waals surface area (Å²) in [6.45, 7) is 7.40. The number of carbonyl (C=O) groups is 4. The number of para-hydroxylation sites is 1. The van der Waals surface area contributed by atoms with Gasteiger partial charge in [0.2, 0.25) is 11.8 Å². The average Bonchev–Trinajstić information content (AvgIpc) is 3.74. The van der Waals surface area contributed by atoms with Crippen molar-refractivity contribution in [2.24, 2.45) is 0 Å². The van der Waals surface area contributed by atoms with Crippen LogP contribution in [0.15, 0.2) is 60.9 Å². The minimum absolute atomic E-state index is 0.0771. The standard InChI is InChI=1S/C38H41N11O5/c50-33-4-2-1-3-28(33)30-18-32-35(44-43-30)39-20-26-22-46(14-16-48(26)32)25-9-11-45(12-10-25)13-15-47-21-24(19-40-47)41-23-5-6-27-29(17-23)38(54)49(37(27)53)31-7-8-34(51)42-36(31)52/h1-6,17-19,21,25-26,31,41,50H,7-16,20,22H2,(H,39,44)(H,42,51,52)/t26-,31?/m0/s1. The van der Waals surface area contributed by atoms with Crippen LogP contribution < -0.4 is 20.9 Å². The Balaban J connectivity index is 0.754. The number of hydrogen-bond donors (Lipinski definition) is 4. The summed E-state index contributed by atoms with van der Waals surface area (Å²) < 4.78 is 1.91. The van der Waals surface area contributed by atoms with Crippen molar-refractivity contribution in [2.45, 2.75) is 50.4 Å². The van der Waals surface area contributed by atoms with Gasteiger partial charge in [-0.25, -0.2) is 0 Å². The molecular weight excluding hydrogens is 690 g/mol. The maximum Gasteiger partial charge on any atom is 0.262 e. The number of benzene rings is 2. The fraction of sp³-hybridized carbons (Fsp3) is 0.395. The van der Waals surface area contributed by atoms with E-state index in [0.29, 0.717) is 29.0 Å². The number of imide groups is 2. The van der Waals surface area contributed by atoms with Crippen LogP contribution in [0.3, 0.4) is 0 Å². The SMILES string of the molecule is O=C1CCC(N2C(=O)c3ccc(Nc4cnn(CCN5CCC(N6CCN7c8cc(-c9ccccc9O)nnc8NC[C@H]7C6)CC5)c4)cc3C2=O)C(=O)N1. The number of fused-ring (bicyclic) bond motifs is 4. The van der Waals surface area contributed by atoms with Gasteiger partial charge in [-0.2, -0.15) is 5.10 Å². The highest BCUT2D eigenvalue weighted by molar-refractivity contribution is 6.23. The third-order valence-electron chi connectivity index (χ3n) is 11.4. The van der Waals surface area contributed by atoms with Crippen molar-refractivity contribution in [3.8, 4) is 17.0 Å². The Labute approximate surface area is 311 Å². The number of aromatic nitrogens is 4. The highest BCUT2D eigenvalue weighted by atomic mass is 16.3. The van der Waals surface area contributed by atoms with Crippen molar-refractivity contribution in [1.82, 2.24) is 40.0 Å². The van der Waals surface area contributed by atoms with Crippen LogP contribution >= 0.6 is 0 Å². The van der Waals surface area contributed by atoms with E-state index in [1.807, 2.05) is 29.1 Å². The van der Waals surface area contributed by atoms with Gasteiger partial charge in [-0.1, -0.05) is 12.1 Å². The molecule has 4 aromatic rings. The van der Waals surface area contributed by atoms with Crippen LogP contribution in [-0.2, 0) is 16.1 Å². The summed E-state index contributed by atoms with van der Waals surface area (Å²) >= 11 is 0. The molecule has 2 aromatic heterocycles. The molecule has 5 aliphatic heterocycles. The Kier molecular flexibility index (Phi) is 8.70. The largest absolute Gasteiger partial charge is 0.507 e. The molecule has 0 saturated carbocycles. The number of carbonyl (C=O) groups excluding carboxylic acids is 4. The second-order valence-corrected chi connectivity index (χ2v) is 14.6. The van der Waals surface area contributed by atoms with Gasteiger partial charge in [-0.15, -0.1) is 10.2 Å². The molecule has 54 heavy (non-hydrogen) atoms. The number of anilines is 4. The number of phenolic OH excluding ortho intramolecular Hbond substituents is 1. The molecule has 3 saturated heterocycles. The number of piperidine rings is 2. The highest BCUT2D eigenvalue weighted by Crippen LogP contribution is 2.37. The molecule has 2 atom stereocenters. The molecule has 9 rings (SSSR count). The number of hydrogen-bond acceptors (Lipinski definition) is 13. The zero-order valence-corrected chi connectivity index (χ0v) is 29.6. The Bertz CT molecular complexity index is 2150. The van der Waals surface area contributed by atoms with Crippen molar-refractivity contribution in [1.29, 1.82) is 0 Å². The first-order chi connectivity index (χ1) is 26.3. The van der Waals surface area contributed by atoms with Crippen LogP contribution in [0.5, 0.6) is 5.75 Å². The van der Waals surface area contributed by atoms with Gasteiger partial charge in [0, 0.05) is 62.6 Å². The maximum atomic E-state index is 13.2. The third-order valence-corrected chi connectivity index (χ3v) is 11.4. The lowest BCUT2D eigenvalue weighted by molar-refractivity contribution is -0.136. The first kappa shape index (κ1) is 33.9. The van der Waals surface area contributed by atoms with Crippen LogP contribution in [0.1, 0.15) is 46.4 Å². The Hall–Kier alpha value is -5.87. The monoisotopic (exact) mass is 731 g/mol. The zero-order valence-electron chi connectivity index (χ0n) is 29.6. The van der Waals surface area contributed by atoms with Gasteiger partial charge in [-0.3, -0.25) is 39.0 Å². The van der Waals surface area contributed by atoms with Crippen LogP contribution in [0.2, 0.25) is 0 Å². The predicted octanol–water partition coefficient (Wildman–Crippen LogP) is 2.27. The minimum Gasteiger partial charge on any atom is -0.507 e. The van der Waals surface area contributed by atoms with Gasteiger partial charge in [-0.05, 0) is 68.8 Å². The first-order valence-corrected chi connectivity index (χ1v) is 18.6. The number of likely N-dealkylation sites (tertiary alicyclic amines) is 1. The normalized spacial score (nSPS) is 22.1. The molecule has 16 heteroatoms. The number of aromatic hydroxyl groups is 1. The number of phenols is 1. The minimum atomic E-state index is -0.997. The molecule has 4 amide bonds. The van der Waals surface area contributed by atoms with Crippen molar-refractivity contribution < 1.29 is 24.3 Å². The Morgan fingerprint density at radius 2 is 1.67 bits per heavy atom. The lowest BCUT2D eigenvalue weighted by Crippen LogP contribution is -2.61. The second-order valence-electron chi connectivity index (χ2n) is 14.6. The van der Waals surface area contributed by atoms with Crippen molar-refractivity contribution in [3.05, 3.63) is 72.1 Å². The van der Waals surface area contributed by atoms with Gasteiger partial charge >= 0.3 is 0 Å². The predicted molar refractivity (Wildman–Crippen MR) is 198 cm³/mol. The Morgan fingerprint density at radius 3 is 2.50 bits per heavy atom. The van der Waals surface area contributed by atoms with Crippen molar-refractivity contribution in [2.75, 3.05) is 61.3 Å². The van der Waals surface area contributed by atoms with E-state index in [9.17, 15) is 24.3 Å². The quantitative estimate of drug-likeness (QED) is 0.194. The van der Waals surface area contributed by atoms with E-state index in [4.69, 9.17) is 0 Å². The molecule has 0 aliphatic carbocycles. The van der Waals surface area contributed by atoms with Crippen molar-refractivity contribution in [3.63, 3.8) is 0 Å². The summed E-state index contributed by atoms with van der Waals surface area (Å²) in [6.07, 6.45) is 6.09. The van der Waals surface area contributed by atoms with Crippen LogP contribution in [0.25, 0.3) is 11.3 Å². The Morgan fingerprint density at radius 1 is 0.833 bits per heavy atom. The summed E-state index contributed by atoms with van der Waals surface area (Å²) in [5.74, 6) is -1.11. The lowest BCUT2D eigenvalue weighted by atomic mass is 9.99. The van der Waals surface area contributed by atoms with E-state index >= 15 is 0 Å². The molecule has 5 aliphatic rings. The fourth-order valence-corrected chi connectivity index (χ4v) is 8.48. The van der Waals surface area contributed by atoms with Gasteiger partial charge < -0.3 is 25.5 Å². The molecule has 2 aromatic carbocycles. The third kappa shape index (κ3) is 6.30. The molecule has 0 spiro atoms. The van der Waals surface area contributed by atoms with E-state index in [2.05, 4.69) is 45.9 Å². The molecule has 7 heterocycles. The first-order valence-electron chi connectivity index (χ1n) is 18.6. The molecular formula is C38H41N11O5. The van der Waals surface area contributed by atoms with E-state index in [1.54, 1.807) is 36.5 Å². The van der Waals surface area contributed by atoms with E-state index in [1.165, 1.54) is 0 Å². The lowest BCUT2D eigenvalue weighted by Gasteiger charge is -2.49. The van der Waals surface area contributed by atoms with Gasteiger partial charge in [0.1, 0.15) is 11.8 Å². The smallest absolute Gasteiger partial charge is 0.262 e. The molecule has 278 valence electrons. The van der Waals surface area contributed by atoms with Crippen LogP contribution in [-0.4, -0.2) is 127 Å². The number of nitrogens with zero attached hydrogens (tertiary/aromatic N) is 8. The molecule has 16 nitrogen and oxygen atoms in total. The number of rotatable bonds is 8. The average molecular weight is 732 g/mol. The molecule has 4 N–H and O–H groups in total. The molecule has 1 unspecified atom stereocenters. The molecule has 0 bridgehead atoms. The van der Waals surface area contributed by atoms with E-state index in [0.717, 1.165) is 87.3 Å². The summed E-state index contributed by atoms with van der Waals surface area (Å²) in [4.78, 5) is 58.8. The second kappa shape index (κ2) is 13.8. The number of piperazine rings is 1. The highest BCUT2D eigenvalue weighted by Gasteiger charge is 2.44. The van der Waals surface area contributed by atoms with Gasteiger partial charge in [0.15, 0.2) is 5.82 Å². The van der Waals surface area contributed by atoms with Crippen LogP contribution in [0, 0.1) is 0 Å². The van der Waals surface area contributed by atoms with Gasteiger partial charge in [0.05, 0.1) is 47.0 Å². The summed E-state index contributed by atoms with van der Waals surface area (Å²) in [5.41, 5.74) is 4.24. The van der Waals surface area contributed by atoms with Crippen molar-refractivity contribution >= 4 is 46.5 Å². The maximum absolute atomic E-state index is 13.2. The zero-order chi connectivity index (χ0) is 36.9. The topological polar surface area (TPSA) is 181 Å². The summed E-state index contributed by atoms with van der Waals surface area (Å²) in [6, 6.07) is 14.1. The summed E-state index contributed by atoms with van der Waals surface area (Å²) in [7, 11) is 0. The number of amides is 4. The fourth-order valence-electron chi connectivity index (χ4n) is 8.48.